The molecular formula is C9H11BrO3. The van der Waals surface area contributed by atoms with E-state index < -0.39 is 6.29 Å². The lowest BCUT2D eigenvalue weighted by Gasteiger charge is -2.07. The van der Waals surface area contributed by atoms with E-state index in [0.29, 0.717) is 5.75 Å². The van der Waals surface area contributed by atoms with E-state index in [2.05, 4.69) is 15.9 Å². The van der Waals surface area contributed by atoms with E-state index in [9.17, 15) is 0 Å². The molecule has 0 spiro atoms. The van der Waals surface area contributed by atoms with Gasteiger partial charge >= 0.3 is 0 Å². The van der Waals surface area contributed by atoms with Gasteiger partial charge in [-0.1, -0.05) is 28.1 Å². The highest BCUT2D eigenvalue weighted by atomic mass is 79.9. The van der Waals surface area contributed by atoms with Gasteiger partial charge in [0, 0.05) is 5.33 Å². The minimum atomic E-state index is -1.42. The van der Waals surface area contributed by atoms with Crippen molar-refractivity contribution in [1.29, 1.82) is 0 Å². The molecular weight excluding hydrogens is 236 g/mol. The van der Waals surface area contributed by atoms with Gasteiger partial charge in [-0.05, 0) is 17.7 Å². The largest absolute Gasteiger partial charge is 0.488 e. The van der Waals surface area contributed by atoms with Gasteiger partial charge in [-0.2, -0.15) is 0 Å². The van der Waals surface area contributed by atoms with Gasteiger partial charge in [0.25, 0.3) is 0 Å². The zero-order valence-corrected chi connectivity index (χ0v) is 8.57. The first-order valence-electron chi connectivity index (χ1n) is 3.86. The number of benzene rings is 1. The lowest BCUT2D eigenvalue weighted by Crippen LogP contribution is -2.15. The molecule has 0 unspecified atom stereocenters. The van der Waals surface area contributed by atoms with Crippen LogP contribution in [0.3, 0.4) is 0 Å². The van der Waals surface area contributed by atoms with E-state index in [0.717, 1.165) is 10.9 Å². The summed E-state index contributed by atoms with van der Waals surface area (Å²) in [4.78, 5) is 0. The van der Waals surface area contributed by atoms with E-state index in [1.54, 1.807) is 12.1 Å². The summed E-state index contributed by atoms with van der Waals surface area (Å²) in [6, 6.07) is 7.40. The van der Waals surface area contributed by atoms with Crippen molar-refractivity contribution in [2.75, 3.05) is 6.61 Å². The Labute approximate surface area is 85.1 Å². The molecule has 13 heavy (non-hydrogen) atoms. The van der Waals surface area contributed by atoms with Crippen molar-refractivity contribution in [3.05, 3.63) is 29.8 Å². The summed E-state index contributed by atoms with van der Waals surface area (Å²) >= 11 is 3.32. The van der Waals surface area contributed by atoms with E-state index in [-0.39, 0.29) is 6.61 Å². The Morgan fingerprint density at radius 2 is 1.85 bits per heavy atom. The standard InChI is InChI=1S/C9H11BrO3/c10-5-7-1-3-8(4-2-7)13-6-9(11)12/h1-4,9,11-12H,5-6H2. The van der Waals surface area contributed by atoms with Crippen LogP contribution in [0.2, 0.25) is 0 Å². The SMILES string of the molecule is OC(O)COc1ccc(CBr)cc1. The lowest BCUT2D eigenvalue weighted by atomic mass is 10.2. The zero-order chi connectivity index (χ0) is 9.68. The maximum atomic E-state index is 8.54. The van der Waals surface area contributed by atoms with Gasteiger partial charge in [0.1, 0.15) is 12.4 Å². The summed E-state index contributed by atoms with van der Waals surface area (Å²) < 4.78 is 5.05. The van der Waals surface area contributed by atoms with E-state index >= 15 is 0 Å². The molecule has 0 aliphatic heterocycles. The topological polar surface area (TPSA) is 49.7 Å². The lowest BCUT2D eigenvalue weighted by molar-refractivity contribution is -0.0680. The number of rotatable bonds is 4. The molecule has 0 radical (unpaired) electrons. The van der Waals surface area contributed by atoms with Gasteiger partial charge in [-0.3, -0.25) is 0 Å². The molecule has 0 amide bonds. The van der Waals surface area contributed by atoms with Crippen LogP contribution in [0, 0.1) is 0 Å². The van der Waals surface area contributed by atoms with Crippen molar-refractivity contribution in [3.8, 4) is 5.75 Å². The van der Waals surface area contributed by atoms with Crippen LogP contribution in [0.25, 0.3) is 0 Å². The number of hydrogen-bond donors (Lipinski definition) is 2. The minimum Gasteiger partial charge on any atom is -0.488 e. The van der Waals surface area contributed by atoms with Crippen LogP contribution in [0.5, 0.6) is 5.75 Å². The Morgan fingerprint density at radius 1 is 1.23 bits per heavy atom. The Hall–Kier alpha value is -0.580. The molecule has 3 nitrogen and oxygen atoms in total. The molecule has 0 heterocycles. The third-order valence-corrected chi connectivity index (χ3v) is 2.12. The number of halogens is 1. The number of aliphatic hydroxyl groups excluding tert-OH is 1. The second kappa shape index (κ2) is 5.21. The summed E-state index contributed by atoms with van der Waals surface area (Å²) in [7, 11) is 0. The second-order valence-corrected chi connectivity index (χ2v) is 3.13. The summed E-state index contributed by atoms with van der Waals surface area (Å²) in [5.74, 6) is 0.637. The molecule has 4 heteroatoms. The highest BCUT2D eigenvalue weighted by molar-refractivity contribution is 9.08. The van der Waals surface area contributed by atoms with Crippen molar-refractivity contribution in [1.82, 2.24) is 0 Å². The predicted octanol–water partition coefficient (Wildman–Crippen LogP) is 1.27. The molecule has 0 fully saturated rings. The normalized spacial score (nSPS) is 10.5. The number of hydrogen-bond acceptors (Lipinski definition) is 3. The minimum absolute atomic E-state index is 0.104. The fourth-order valence-corrected chi connectivity index (χ4v) is 1.22. The van der Waals surface area contributed by atoms with E-state index in [1.807, 2.05) is 12.1 Å². The van der Waals surface area contributed by atoms with E-state index in [1.165, 1.54) is 0 Å². The smallest absolute Gasteiger partial charge is 0.186 e. The zero-order valence-electron chi connectivity index (χ0n) is 6.98. The molecule has 0 aliphatic carbocycles. The summed E-state index contributed by atoms with van der Waals surface area (Å²) in [6.07, 6.45) is -1.42. The number of alkyl halides is 1. The van der Waals surface area contributed by atoms with Crippen LogP contribution in [-0.2, 0) is 5.33 Å². The van der Waals surface area contributed by atoms with Gasteiger partial charge in [0.05, 0.1) is 0 Å². The monoisotopic (exact) mass is 246 g/mol. The van der Waals surface area contributed by atoms with Crippen LogP contribution in [0.1, 0.15) is 5.56 Å². The summed E-state index contributed by atoms with van der Waals surface area (Å²) in [5, 5.41) is 17.9. The molecule has 72 valence electrons. The molecule has 1 aromatic rings. The Morgan fingerprint density at radius 3 is 2.31 bits per heavy atom. The molecule has 0 saturated heterocycles. The van der Waals surface area contributed by atoms with Crippen molar-refractivity contribution in [2.24, 2.45) is 0 Å². The van der Waals surface area contributed by atoms with Gasteiger partial charge in [0.2, 0.25) is 0 Å². The van der Waals surface area contributed by atoms with Crippen LogP contribution in [0.15, 0.2) is 24.3 Å². The molecule has 0 aromatic heterocycles. The fraction of sp³-hybridized carbons (Fsp3) is 0.333. The first-order valence-corrected chi connectivity index (χ1v) is 4.98. The first kappa shape index (κ1) is 10.5. The number of aliphatic hydroxyl groups is 2. The van der Waals surface area contributed by atoms with Crippen molar-refractivity contribution >= 4 is 15.9 Å². The Balaban J connectivity index is 2.49. The summed E-state index contributed by atoms with van der Waals surface area (Å²) in [6.45, 7) is -0.104. The molecule has 0 bridgehead atoms. The highest BCUT2D eigenvalue weighted by Crippen LogP contribution is 2.13. The molecule has 1 rings (SSSR count). The van der Waals surface area contributed by atoms with Gasteiger partial charge in [0.15, 0.2) is 6.29 Å². The van der Waals surface area contributed by atoms with Crippen molar-refractivity contribution in [3.63, 3.8) is 0 Å². The molecule has 0 atom stereocenters. The van der Waals surface area contributed by atoms with Crippen LogP contribution >= 0.6 is 15.9 Å². The molecule has 0 saturated carbocycles. The number of ether oxygens (including phenoxy) is 1. The maximum Gasteiger partial charge on any atom is 0.186 e. The average Bonchev–Trinajstić information content (AvgIpc) is 2.15. The predicted molar refractivity (Wildman–Crippen MR) is 52.8 cm³/mol. The quantitative estimate of drug-likeness (QED) is 0.622. The third kappa shape index (κ3) is 3.76. The first-order chi connectivity index (χ1) is 6.22. The van der Waals surface area contributed by atoms with E-state index in [4.69, 9.17) is 14.9 Å². The molecule has 0 aliphatic rings. The van der Waals surface area contributed by atoms with Crippen LogP contribution in [-0.4, -0.2) is 23.1 Å². The highest BCUT2D eigenvalue weighted by Gasteiger charge is 1.98. The van der Waals surface area contributed by atoms with Crippen molar-refractivity contribution in [2.45, 2.75) is 11.6 Å². The van der Waals surface area contributed by atoms with Crippen LogP contribution < -0.4 is 4.74 Å². The Kier molecular flexibility index (Phi) is 4.21. The fourth-order valence-electron chi connectivity index (χ4n) is 0.846. The molecule has 2 N–H and O–H groups in total. The van der Waals surface area contributed by atoms with Gasteiger partial charge < -0.3 is 14.9 Å². The maximum absolute atomic E-state index is 8.54. The average molecular weight is 247 g/mol. The van der Waals surface area contributed by atoms with Gasteiger partial charge in [-0.25, -0.2) is 0 Å². The third-order valence-electron chi connectivity index (χ3n) is 1.48. The van der Waals surface area contributed by atoms with Gasteiger partial charge in [-0.15, -0.1) is 0 Å². The van der Waals surface area contributed by atoms with Crippen molar-refractivity contribution < 1.29 is 14.9 Å². The van der Waals surface area contributed by atoms with Crippen LogP contribution in [0.4, 0.5) is 0 Å². The molecule has 1 aromatic carbocycles. The Bertz CT molecular complexity index is 246. The second-order valence-electron chi connectivity index (χ2n) is 2.57. The summed E-state index contributed by atoms with van der Waals surface area (Å²) in [5.41, 5.74) is 1.15.